The van der Waals surface area contributed by atoms with Crippen molar-refractivity contribution >= 4 is 15.9 Å². The zero-order valence-electron chi connectivity index (χ0n) is 10.9. The van der Waals surface area contributed by atoms with Gasteiger partial charge in [-0.2, -0.15) is 5.10 Å². The summed E-state index contributed by atoms with van der Waals surface area (Å²) in [6.45, 7) is 5.02. The lowest BCUT2D eigenvalue weighted by Gasteiger charge is -2.14. The minimum Gasteiger partial charge on any atom is -0.305 e. The summed E-state index contributed by atoms with van der Waals surface area (Å²) in [5.74, 6) is 0. The van der Waals surface area contributed by atoms with E-state index in [2.05, 4.69) is 63.6 Å². The highest BCUT2D eigenvalue weighted by molar-refractivity contribution is 9.10. The van der Waals surface area contributed by atoms with Crippen LogP contribution in [0.1, 0.15) is 29.9 Å². The number of hydrogen-bond donors (Lipinski definition) is 1. The zero-order chi connectivity index (χ0) is 13.1. The molecule has 96 valence electrons. The SMILES string of the molecule is Cc1cc(CN[C@H](C)c2ccc(Br)cc2)n(C)n1. The van der Waals surface area contributed by atoms with Gasteiger partial charge in [0.2, 0.25) is 0 Å². The molecule has 0 saturated carbocycles. The van der Waals surface area contributed by atoms with Crippen molar-refractivity contribution < 1.29 is 0 Å². The number of aromatic nitrogens is 2. The molecule has 0 spiro atoms. The van der Waals surface area contributed by atoms with E-state index in [1.165, 1.54) is 11.3 Å². The van der Waals surface area contributed by atoms with Crippen LogP contribution in [0.15, 0.2) is 34.8 Å². The second kappa shape index (κ2) is 5.67. The maximum Gasteiger partial charge on any atom is 0.0597 e. The van der Waals surface area contributed by atoms with Gasteiger partial charge in [-0.25, -0.2) is 0 Å². The highest BCUT2D eigenvalue weighted by Gasteiger charge is 2.07. The first kappa shape index (κ1) is 13.3. The lowest BCUT2D eigenvalue weighted by Crippen LogP contribution is -2.19. The number of halogens is 1. The van der Waals surface area contributed by atoms with Gasteiger partial charge in [-0.1, -0.05) is 28.1 Å². The summed E-state index contributed by atoms with van der Waals surface area (Å²) in [5.41, 5.74) is 3.55. The molecule has 0 saturated heterocycles. The Labute approximate surface area is 116 Å². The van der Waals surface area contributed by atoms with Crippen LogP contribution >= 0.6 is 15.9 Å². The molecule has 18 heavy (non-hydrogen) atoms. The van der Waals surface area contributed by atoms with Gasteiger partial charge in [-0.3, -0.25) is 4.68 Å². The van der Waals surface area contributed by atoms with Crippen LogP contribution in [-0.2, 0) is 13.6 Å². The molecule has 0 aliphatic rings. The summed E-state index contributed by atoms with van der Waals surface area (Å²) in [6, 6.07) is 10.9. The van der Waals surface area contributed by atoms with Crippen molar-refractivity contribution in [1.29, 1.82) is 0 Å². The normalized spacial score (nSPS) is 12.7. The fraction of sp³-hybridized carbons (Fsp3) is 0.357. The van der Waals surface area contributed by atoms with Crippen molar-refractivity contribution in [3.8, 4) is 0 Å². The summed E-state index contributed by atoms with van der Waals surface area (Å²) >= 11 is 3.45. The van der Waals surface area contributed by atoms with Gasteiger partial charge in [0, 0.05) is 24.1 Å². The number of aryl methyl sites for hydroxylation is 2. The van der Waals surface area contributed by atoms with Gasteiger partial charge < -0.3 is 5.32 Å². The third-order valence-electron chi connectivity index (χ3n) is 3.06. The Morgan fingerprint density at radius 3 is 2.56 bits per heavy atom. The second-order valence-electron chi connectivity index (χ2n) is 4.55. The molecule has 4 heteroatoms. The van der Waals surface area contributed by atoms with E-state index in [9.17, 15) is 0 Å². The van der Waals surface area contributed by atoms with Crippen LogP contribution in [0, 0.1) is 6.92 Å². The van der Waals surface area contributed by atoms with Crippen LogP contribution in [0.4, 0.5) is 0 Å². The summed E-state index contributed by atoms with van der Waals surface area (Å²) in [5, 5.41) is 7.86. The van der Waals surface area contributed by atoms with E-state index in [4.69, 9.17) is 0 Å². The van der Waals surface area contributed by atoms with Crippen LogP contribution in [0.5, 0.6) is 0 Å². The molecule has 1 N–H and O–H groups in total. The van der Waals surface area contributed by atoms with Gasteiger partial charge in [0.05, 0.1) is 11.4 Å². The average Bonchev–Trinajstić information content (AvgIpc) is 2.66. The molecule has 0 amide bonds. The van der Waals surface area contributed by atoms with E-state index >= 15 is 0 Å². The van der Waals surface area contributed by atoms with E-state index in [1.807, 2.05) is 18.7 Å². The fourth-order valence-electron chi connectivity index (χ4n) is 1.96. The molecule has 0 fully saturated rings. The van der Waals surface area contributed by atoms with Crippen LogP contribution < -0.4 is 5.32 Å². The van der Waals surface area contributed by atoms with Gasteiger partial charge in [-0.15, -0.1) is 0 Å². The molecule has 0 radical (unpaired) electrons. The van der Waals surface area contributed by atoms with Crippen molar-refractivity contribution in [1.82, 2.24) is 15.1 Å². The maximum absolute atomic E-state index is 4.34. The summed E-state index contributed by atoms with van der Waals surface area (Å²) in [7, 11) is 1.98. The molecular formula is C14H18BrN3. The highest BCUT2D eigenvalue weighted by Crippen LogP contribution is 2.17. The van der Waals surface area contributed by atoms with Gasteiger partial charge in [0.15, 0.2) is 0 Å². The number of nitrogens with one attached hydrogen (secondary N) is 1. The van der Waals surface area contributed by atoms with E-state index in [1.54, 1.807) is 0 Å². The lowest BCUT2D eigenvalue weighted by molar-refractivity contribution is 0.548. The Kier molecular flexibility index (Phi) is 4.19. The number of benzene rings is 1. The summed E-state index contributed by atoms with van der Waals surface area (Å²) in [6.07, 6.45) is 0. The predicted molar refractivity (Wildman–Crippen MR) is 77.3 cm³/mol. The van der Waals surface area contributed by atoms with Gasteiger partial charge in [0.1, 0.15) is 0 Å². The first-order chi connectivity index (χ1) is 8.56. The second-order valence-corrected chi connectivity index (χ2v) is 5.47. The quantitative estimate of drug-likeness (QED) is 0.939. The molecule has 0 aliphatic heterocycles. The molecule has 0 aliphatic carbocycles. The van der Waals surface area contributed by atoms with E-state index in [0.29, 0.717) is 6.04 Å². The number of hydrogen-bond acceptors (Lipinski definition) is 2. The number of nitrogens with zero attached hydrogens (tertiary/aromatic N) is 2. The minimum absolute atomic E-state index is 0.327. The average molecular weight is 308 g/mol. The molecule has 2 aromatic rings. The molecule has 2 rings (SSSR count). The Morgan fingerprint density at radius 2 is 2.00 bits per heavy atom. The van der Waals surface area contributed by atoms with Gasteiger partial charge in [0.25, 0.3) is 0 Å². The maximum atomic E-state index is 4.34. The molecule has 0 bridgehead atoms. The van der Waals surface area contributed by atoms with Gasteiger partial charge in [-0.05, 0) is 37.6 Å². The zero-order valence-corrected chi connectivity index (χ0v) is 12.5. The highest BCUT2D eigenvalue weighted by atomic mass is 79.9. The molecule has 1 aromatic heterocycles. The molecular weight excluding hydrogens is 290 g/mol. The first-order valence-corrected chi connectivity index (χ1v) is 6.84. The Balaban J connectivity index is 1.98. The van der Waals surface area contributed by atoms with Crippen molar-refractivity contribution in [2.24, 2.45) is 7.05 Å². The summed E-state index contributed by atoms with van der Waals surface area (Å²) < 4.78 is 3.04. The largest absolute Gasteiger partial charge is 0.305 e. The van der Waals surface area contributed by atoms with Crippen LogP contribution in [-0.4, -0.2) is 9.78 Å². The molecule has 1 atom stereocenters. The van der Waals surface area contributed by atoms with Crippen molar-refractivity contribution in [3.63, 3.8) is 0 Å². The molecule has 3 nitrogen and oxygen atoms in total. The van der Waals surface area contributed by atoms with E-state index in [0.717, 1.165) is 16.7 Å². The van der Waals surface area contributed by atoms with Crippen molar-refractivity contribution in [3.05, 3.63) is 51.8 Å². The number of rotatable bonds is 4. The topological polar surface area (TPSA) is 29.9 Å². The van der Waals surface area contributed by atoms with Crippen molar-refractivity contribution in [2.45, 2.75) is 26.4 Å². The predicted octanol–water partition coefficient (Wildman–Crippen LogP) is 3.34. The molecule has 1 aromatic carbocycles. The molecule has 1 heterocycles. The Bertz CT molecular complexity index is 516. The van der Waals surface area contributed by atoms with E-state index < -0.39 is 0 Å². The Hall–Kier alpha value is -1.13. The van der Waals surface area contributed by atoms with Gasteiger partial charge >= 0.3 is 0 Å². The first-order valence-electron chi connectivity index (χ1n) is 6.04. The lowest BCUT2D eigenvalue weighted by atomic mass is 10.1. The third kappa shape index (κ3) is 3.21. The van der Waals surface area contributed by atoms with Crippen LogP contribution in [0.25, 0.3) is 0 Å². The van der Waals surface area contributed by atoms with Crippen molar-refractivity contribution in [2.75, 3.05) is 0 Å². The minimum atomic E-state index is 0.327. The third-order valence-corrected chi connectivity index (χ3v) is 3.59. The Morgan fingerprint density at radius 1 is 1.33 bits per heavy atom. The van der Waals surface area contributed by atoms with E-state index in [-0.39, 0.29) is 0 Å². The standard InChI is InChI=1S/C14H18BrN3/c1-10-8-14(18(3)17-10)9-16-11(2)12-4-6-13(15)7-5-12/h4-8,11,16H,9H2,1-3H3/t11-/m1/s1. The van der Waals surface area contributed by atoms with Crippen LogP contribution in [0.3, 0.4) is 0 Å². The summed E-state index contributed by atoms with van der Waals surface area (Å²) in [4.78, 5) is 0. The molecule has 0 unspecified atom stereocenters. The smallest absolute Gasteiger partial charge is 0.0597 e. The van der Waals surface area contributed by atoms with Crippen LogP contribution in [0.2, 0.25) is 0 Å². The fourth-order valence-corrected chi connectivity index (χ4v) is 2.22. The monoisotopic (exact) mass is 307 g/mol.